The Morgan fingerprint density at radius 2 is 0.595 bits per heavy atom. The third-order valence-corrected chi connectivity index (χ3v) is 39.4. The predicted molar refractivity (Wildman–Crippen MR) is 611 cm³/mol. The van der Waals surface area contributed by atoms with Crippen molar-refractivity contribution in [1.82, 2.24) is 24.9 Å². The van der Waals surface area contributed by atoms with Gasteiger partial charge >= 0.3 is 79.4 Å². The van der Waals surface area contributed by atoms with Crippen LogP contribution in [0.3, 0.4) is 0 Å². The first-order valence-electron chi connectivity index (χ1n) is 48.8. The number of fused-ring (bicyclic) bond motifs is 7. The maximum absolute atomic E-state index is 7.26. The Balaban J connectivity index is 0.000000123. The predicted octanol–water partition coefficient (Wildman–Crippen LogP) is 25.3. The number of para-hydroxylation sites is 4. The number of hydrogen-bond acceptors (Lipinski definition) is 15. The number of rotatable bonds is 27. The van der Waals surface area contributed by atoms with Crippen molar-refractivity contribution >= 4 is 209 Å². The number of aryl methyl sites for hydroxylation is 11. The van der Waals surface area contributed by atoms with Crippen molar-refractivity contribution < 1.29 is 37.3 Å². The number of hydrogen-bond donors (Lipinski definition) is 0. The Bertz CT molecular complexity index is 8350. The zero-order chi connectivity index (χ0) is 102. The van der Waals surface area contributed by atoms with Gasteiger partial charge in [-0.3, -0.25) is 4.98 Å². The van der Waals surface area contributed by atoms with E-state index >= 15 is 0 Å². The van der Waals surface area contributed by atoms with Gasteiger partial charge in [-0.25, -0.2) is 24.8 Å². The SMILES string of the molecule is Cc1cc(C)c2cccc([O][Al][O]c3ccc(-c4ccccc4)cc3)c2n1.Cc1cc([O][Al][O]c2ccc3ccccc3c2)c2nc(C)ccc2c1.Cc1ccc2cccc([O][Al][O][Si](c3ccccc3)(c3ccccc3)c3ccc4ccccc4c3)c2n1.Cc1ccc2cccc([O][Al][O][Si](c3ccccc3C)(c3ccccc3C)c3ccccc3C)c2n1.[C-]#[N+]c1ccc([O][Al][O]c2ccccc2C)c2nc(C)ccc12. The molecule has 148 heavy (non-hydrogen) atoms. The van der Waals surface area contributed by atoms with Gasteiger partial charge < -0.3 is 37.3 Å². The lowest BCUT2D eigenvalue weighted by molar-refractivity contribution is 0.459. The number of benzene rings is 17. The van der Waals surface area contributed by atoms with Gasteiger partial charge in [0.05, 0.1) is 29.3 Å². The summed E-state index contributed by atoms with van der Waals surface area (Å²) in [6.45, 7) is 29.9. The summed E-state index contributed by atoms with van der Waals surface area (Å²) >= 11 is -3.70. The monoisotopic (exact) mass is 2040 g/mol. The molecular formula is C125H104Al5N6O10Si2. The fourth-order valence-corrected chi connectivity index (χ4v) is 32.2. The van der Waals surface area contributed by atoms with E-state index in [4.69, 9.17) is 53.8 Å². The van der Waals surface area contributed by atoms with Crippen LogP contribution in [-0.4, -0.2) is 121 Å². The van der Waals surface area contributed by atoms with E-state index in [1.807, 2.05) is 193 Å². The van der Waals surface area contributed by atoms with Crippen molar-refractivity contribution in [3.05, 3.63) is 504 Å². The van der Waals surface area contributed by atoms with Crippen molar-refractivity contribution in [2.24, 2.45) is 0 Å². The van der Waals surface area contributed by atoms with Gasteiger partial charge in [0.25, 0.3) is 16.6 Å². The fourth-order valence-electron chi connectivity index (χ4n) is 18.2. The molecule has 0 amide bonds. The van der Waals surface area contributed by atoms with E-state index in [1.54, 1.807) is 12.1 Å². The van der Waals surface area contributed by atoms with Gasteiger partial charge in [-0.2, -0.15) is 0 Å². The van der Waals surface area contributed by atoms with E-state index in [9.17, 15) is 0 Å². The van der Waals surface area contributed by atoms with Crippen LogP contribution in [0.25, 0.3) is 92.0 Å². The third-order valence-electron chi connectivity index (χ3n) is 25.6. The molecule has 16 nitrogen and oxygen atoms in total. The first kappa shape index (κ1) is 103. The van der Waals surface area contributed by atoms with Crippen molar-refractivity contribution in [3.63, 3.8) is 0 Å². The summed E-state index contributed by atoms with van der Waals surface area (Å²) in [6.07, 6.45) is 0. The van der Waals surface area contributed by atoms with Gasteiger partial charge in [-0.05, 0) is 270 Å². The molecule has 0 saturated heterocycles. The van der Waals surface area contributed by atoms with Crippen molar-refractivity contribution in [2.75, 3.05) is 0 Å². The topological polar surface area (TPSA) is 161 Å². The van der Waals surface area contributed by atoms with Crippen LogP contribution < -0.4 is 61.4 Å². The van der Waals surface area contributed by atoms with Crippen LogP contribution in [0.5, 0.6) is 46.0 Å². The highest BCUT2D eigenvalue weighted by molar-refractivity contribution is 7.09. The summed E-state index contributed by atoms with van der Waals surface area (Å²) in [5, 5.41) is 17.3. The fraction of sp³-hybridized carbons (Fsp3) is 0.0880. The molecule has 22 aromatic rings. The lowest BCUT2D eigenvalue weighted by Gasteiger charge is -2.37. The van der Waals surface area contributed by atoms with Crippen molar-refractivity contribution in [3.8, 4) is 57.1 Å². The molecule has 0 aliphatic rings. The molecule has 0 atom stereocenters. The molecule has 0 N–H and O–H groups in total. The van der Waals surface area contributed by atoms with Crippen molar-refractivity contribution in [2.45, 2.75) is 76.2 Å². The highest BCUT2D eigenvalue weighted by Crippen LogP contribution is 2.36. The van der Waals surface area contributed by atoms with E-state index in [0.717, 1.165) is 134 Å². The highest BCUT2D eigenvalue weighted by atomic mass is 28.4. The maximum Gasteiger partial charge on any atom is 0.881 e. The van der Waals surface area contributed by atoms with Gasteiger partial charge in [-0.1, -0.05) is 334 Å². The molecule has 0 fully saturated rings. The van der Waals surface area contributed by atoms with Crippen LogP contribution in [-0.2, 0) is 6.96 Å². The smallest absolute Gasteiger partial charge is 0.625 e. The summed E-state index contributed by atoms with van der Waals surface area (Å²) in [5.41, 5.74) is 19.1. The first-order valence-corrected chi connectivity index (χ1v) is 57.4. The van der Waals surface area contributed by atoms with Gasteiger partial charge in [0.15, 0.2) is 5.69 Å². The molecule has 0 aliphatic carbocycles. The largest absolute Gasteiger partial charge is 0.881 e. The summed E-state index contributed by atoms with van der Waals surface area (Å²) < 4.78 is 62.3. The maximum atomic E-state index is 7.26. The minimum absolute atomic E-state index is 0.578. The number of aromatic nitrogens is 5. The molecule has 0 spiro atoms. The second-order valence-corrected chi connectivity index (χ2v) is 46.9. The molecule has 22 rings (SSSR count). The van der Waals surface area contributed by atoms with Crippen LogP contribution in [0.1, 0.15) is 61.9 Å². The van der Waals surface area contributed by atoms with Gasteiger partial charge in [0.2, 0.25) is 0 Å². The Kier molecular flexibility index (Phi) is 34.3. The van der Waals surface area contributed by atoms with E-state index in [2.05, 4.69) is 321 Å². The minimum atomic E-state index is -2.90. The quantitative estimate of drug-likeness (QED) is 0.0271. The van der Waals surface area contributed by atoms with Crippen LogP contribution in [0.4, 0.5) is 5.69 Å². The van der Waals surface area contributed by atoms with E-state index < -0.39 is 96.1 Å². The summed E-state index contributed by atoms with van der Waals surface area (Å²) in [7, 11) is -5.78. The van der Waals surface area contributed by atoms with E-state index in [0.29, 0.717) is 17.0 Å². The van der Waals surface area contributed by atoms with Gasteiger partial charge in [0.1, 0.15) is 50.8 Å². The Labute approximate surface area is 900 Å². The number of nitrogens with zero attached hydrogens (tertiary/aromatic N) is 6. The molecule has 5 heterocycles. The minimum Gasteiger partial charge on any atom is -0.625 e. The van der Waals surface area contributed by atoms with Crippen LogP contribution in [0, 0.1) is 82.7 Å². The number of pyridine rings is 5. The Morgan fingerprint density at radius 1 is 0.216 bits per heavy atom. The molecule has 5 aromatic heterocycles. The van der Waals surface area contributed by atoms with Crippen molar-refractivity contribution in [1.29, 1.82) is 0 Å². The normalized spacial score (nSPS) is 11.0. The molecule has 0 unspecified atom stereocenters. The van der Waals surface area contributed by atoms with Crippen LogP contribution in [0.15, 0.2) is 431 Å². The van der Waals surface area contributed by atoms with E-state index in [1.165, 1.54) is 80.7 Å². The summed E-state index contributed by atoms with van der Waals surface area (Å²) in [6, 6.07) is 147. The molecular weight excluding hydrogens is 1940 g/mol. The zero-order valence-electron chi connectivity index (χ0n) is 84.1. The molecule has 17 aromatic carbocycles. The van der Waals surface area contributed by atoms with Crippen LogP contribution >= 0.6 is 0 Å². The standard InChI is InChI=1S/C22H17OSi.C21H21OSi.C12H10O.C11H8N2O.2C11H11NO.2C10H9NO.C10H8O.C7H8O.5Al/c23-24(20-11-3-1-4-12-20,21-13-5-2-6-14-21)22-16-15-18-9-7-8-10-19(18)17-22;1-16-10-4-7-13-19(16)23(22,20-14-8-5-11-17(20)2)21-15-9-6-12-18(21)3;13-12-8-6-11(7-9-12)10-4-2-1-3-5-10;1-7-3-4-8-9(12-2)5-6-10(14)11(8)13-7;1-7-5-9-4-3-8(2)12-11(9)10(13)6-7;1-7-6-8(2)12-11-9(7)4-3-5-10(11)13;2*1-7-5-6-8-3-2-4-9(12)10(8)11-7;11-10-6-5-8-3-1-2-4-9(8)7-10;1-6-4-2-3-5-7(6)8;;;;;/h1-17H;4-15H,1-3H3;1-9,13H;3-6,14H,1H3;2*3-6,13H,1-2H3;2*2-6,12H,1H3;1-7,11H;2-5,8H,1H3;;;;;/q2*-1;;;;;;;;;5*+2/p-8. The molecule has 5 radical (unpaired) electrons. The summed E-state index contributed by atoms with van der Waals surface area (Å²) in [5.74, 6) is 6.21. The third kappa shape index (κ3) is 24.7. The average Bonchev–Trinajstić information content (AvgIpc) is 0.733. The van der Waals surface area contributed by atoms with Gasteiger partial charge in [0, 0.05) is 55.4 Å². The molecule has 0 saturated carbocycles. The molecule has 0 bridgehead atoms. The lowest BCUT2D eigenvalue weighted by atomic mass is 10.1. The molecule has 717 valence electrons. The highest BCUT2D eigenvalue weighted by Gasteiger charge is 2.46. The lowest BCUT2D eigenvalue weighted by Crippen LogP contribution is -2.71. The Morgan fingerprint density at radius 3 is 1.15 bits per heavy atom. The zero-order valence-corrected chi connectivity index (χ0v) is 91.9. The molecule has 23 heteroatoms. The van der Waals surface area contributed by atoms with Gasteiger partial charge in [-0.15, -0.1) is 0 Å². The van der Waals surface area contributed by atoms with E-state index in [-0.39, 0.29) is 0 Å². The molecule has 0 aliphatic heterocycles. The first-order chi connectivity index (χ1) is 72.3. The van der Waals surface area contributed by atoms with Crippen LogP contribution in [0.2, 0.25) is 0 Å². The average molecular weight is 2040 g/mol. The second-order valence-electron chi connectivity index (χ2n) is 36.1. The Hall–Kier alpha value is -14.8. The summed E-state index contributed by atoms with van der Waals surface area (Å²) in [4.78, 5) is 26.8. The second kappa shape index (κ2) is 49.1.